The molecule has 0 amide bonds. The van der Waals surface area contributed by atoms with Crippen LogP contribution in [0.3, 0.4) is 0 Å². The standard InChI is InChI=1S/C10H21NO2/c1-7-8(2)13-6-10(7,12)9(3,4)5-11/h7-8,12H,5-6,11H2,1-4H3. The highest BCUT2D eigenvalue weighted by molar-refractivity contribution is 5.02. The van der Waals surface area contributed by atoms with Crippen LogP contribution in [0, 0.1) is 11.3 Å². The van der Waals surface area contributed by atoms with Crippen LogP contribution in [0.5, 0.6) is 0 Å². The van der Waals surface area contributed by atoms with Crippen molar-refractivity contribution in [1.82, 2.24) is 0 Å². The first-order valence-corrected chi connectivity index (χ1v) is 4.89. The maximum atomic E-state index is 10.5. The summed E-state index contributed by atoms with van der Waals surface area (Å²) in [5, 5.41) is 10.5. The predicted molar refractivity (Wildman–Crippen MR) is 52.4 cm³/mol. The number of hydrogen-bond acceptors (Lipinski definition) is 3. The molecular formula is C10H21NO2. The van der Waals surface area contributed by atoms with Crippen molar-refractivity contribution in [2.24, 2.45) is 17.1 Å². The highest BCUT2D eigenvalue weighted by Crippen LogP contribution is 2.42. The lowest BCUT2D eigenvalue weighted by Crippen LogP contribution is -2.53. The zero-order valence-electron chi connectivity index (χ0n) is 9.00. The molecular weight excluding hydrogens is 166 g/mol. The first kappa shape index (κ1) is 11.0. The van der Waals surface area contributed by atoms with Gasteiger partial charge in [0.15, 0.2) is 0 Å². The Kier molecular flexibility index (Phi) is 2.72. The fourth-order valence-electron chi connectivity index (χ4n) is 1.91. The van der Waals surface area contributed by atoms with Crippen LogP contribution in [0.1, 0.15) is 27.7 Å². The van der Waals surface area contributed by atoms with E-state index in [1.165, 1.54) is 0 Å². The molecule has 1 saturated heterocycles. The number of aliphatic hydroxyl groups is 1. The predicted octanol–water partition coefficient (Wildman–Crippen LogP) is 0.757. The van der Waals surface area contributed by atoms with E-state index in [4.69, 9.17) is 10.5 Å². The van der Waals surface area contributed by atoms with E-state index in [9.17, 15) is 5.11 Å². The molecule has 0 aromatic heterocycles. The van der Waals surface area contributed by atoms with Crippen molar-refractivity contribution < 1.29 is 9.84 Å². The van der Waals surface area contributed by atoms with Crippen LogP contribution in [0.4, 0.5) is 0 Å². The second kappa shape index (κ2) is 3.23. The summed E-state index contributed by atoms with van der Waals surface area (Å²) < 4.78 is 5.46. The Morgan fingerprint density at radius 2 is 2.08 bits per heavy atom. The Morgan fingerprint density at radius 3 is 2.38 bits per heavy atom. The molecule has 78 valence electrons. The second-order valence-electron chi connectivity index (χ2n) is 4.82. The number of hydrogen-bond donors (Lipinski definition) is 2. The van der Waals surface area contributed by atoms with E-state index in [-0.39, 0.29) is 17.4 Å². The molecule has 0 bridgehead atoms. The van der Waals surface area contributed by atoms with Crippen molar-refractivity contribution in [2.75, 3.05) is 13.2 Å². The number of nitrogens with two attached hydrogens (primary N) is 1. The van der Waals surface area contributed by atoms with Crippen molar-refractivity contribution in [3.8, 4) is 0 Å². The van der Waals surface area contributed by atoms with Crippen LogP contribution < -0.4 is 5.73 Å². The fourth-order valence-corrected chi connectivity index (χ4v) is 1.91. The summed E-state index contributed by atoms with van der Waals surface area (Å²) in [6.07, 6.45) is 0.121. The van der Waals surface area contributed by atoms with Gasteiger partial charge in [-0.05, 0) is 6.92 Å². The minimum Gasteiger partial charge on any atom is -0.386 e. The first-order valence-electron chi connectivity index (χ1n) is 4.89. The molecule has 13 heavy (non-hydrogen) atoms. The van der Waals surface area contributed by atoms with E-state index < -0.39 is 5.60 Å². The van der Waals surface area contributed by atoms with Gasteiger partial charge in [-0.25, -0.2) is 0 Å². The van der Waals surface area contributed by atoms with Gasteiger partial charge < -0.3 is 15.6 Å². The summed E-state index contributed by atoms with van der Waals surface area (Å²) in [5.74, 6) is 0.144. The van der Waals surface area contributed by atoms with Gasteiger partial charge in [0.25, 0.3) is 0 Å². The molecule has 3 nitrogen and oxygen atoms in total. The summed E-state index contributed by atoms with van der Waals surface area (Å²) >= 11 is 0. The van der Waals surface area contributed by atoms with E-state index in [1.807, 2.05) is 27.7 Å². The van der Waals surface area contributed by atoms with Crippen LogP contribution in [-0.4, -0.2) is 30.0 Å². The van der Waals surface area contributed by atoms with Crippen molar-refractivity contribution in [3.63, 3.8) is 0 Å². The molecule has 3 unspecified atom stereocenters. The molecule has 1 aliphatic rings. The Balaban J connectivity index is 2.88. The molecule has 0 aromatic carbocycles. The summed E-state index contributed by atoms with van der Waals surface area (Å²) in [4.78, 5) is 0. The van der Waals surface area contributed by atoms with E-state index in [1.54, 1.807) is 0 Å². The molecule has 1 fully saturated rings. The molecule has 0 aliphatic carbocycles. The lowest BCUT2D eigenvalue weighted by atomic mass is 9.69. The third-order valence-corrected chi connectivity index (χ3v) is 3.71. The van der Waals surface area contributed by atoms with E-state index >= 15 is 0 Å². The van der Waals surface area contributed by atoms with Gasteiger partial charge in [-0.2, -0.15) is 0 Å². The highest BCUT2D eigenvalue weighted by atomic mass is 16.5. The van der Waals surface area contributed by atoms with Gasteiger partial charge in [0.2, 0.25) is 0 Å². The molecule has 0 aromatic rings. The molecule has 3 heteroatoms. The second-order valence-corrected chi connectivity index (χ2v) is 4.82. The minimum atomic E-state index is -0.777. The lowest BCUT2D eigenvalue weighted by Gasteiger charge is -2.41. The van der Waals surface area contributed by atoms with E-state index in [2.05, 4.69) is 0 Å². The SMILES string of the molecule is CC1OCC(O)(C(C)(C)CN)C1C. The van der Waals surface area contributed by atoms with Crippen molar-refractivity contribution in [1.29, 1.82) is 0 Å². The Morgan fingerprint density at radius 1 is 1.54 bits per heavy atom. The van der Waals surface area contributed by atoms with Crippen molar-refractivity contribution >= 4 is 0 Å². The maximum Gasteiger partial charge on any atom is 0.0992 e. The third-order valence-electron chi connectivity index (χ3n) is 3.71. The van der Waals surface area contributed by atoms with E-state index in [0.717, 1.165) is 0 Å². The van der Waals surface area contributed by atoms with Gasteiger partial charge >= 0.3 is 0 Å². The Labute approximate surface area is 80.3 Å². The Bertz CT molecular complexity index is 193. The summed E-state index contributed by atoms with van der Waals surface area (Å²) in [6.45, 7) is 8.88. The monoisotopic (exact) mass is 187 g/mol. The molecule has 1 aliphatic heterocycles. The maximum absolute atomic E-state index is 10.5. The smallest absolute Gasteiger partial charge is 0.0992 e. The molecule has 3 N–H and O–H groups in total. The normalized spacial score (nSPS) is 41.1. The quantitative estimate of drug-likeness (QED) is 0.671. The highest BCUT2D eigenvalue weighted by Gasteiger charge is 2.53. The van der Waals surface area contributed by atoms with Crippen LogP contribution in [0.2, 0.25) is 0 Å². The zero-order chi connectivity index (χ0) is 10.3. The molecule has 3 atom stereocenters. The topological polar surface area (TPSA) is 55.5 Å². The summed E-state index contributed by atoms with van der Waals surface area (Å²) in [6, 6.07) is 0. The molecule has 0 saturated carbocycles. The molecule has 0 spiro atoms. The van der Waals surface area contributed by atoms with Crippen LogP contribution in [-0.2, 0) is 4.74 Å². The largest absolute Gasteiger partial charge is 0.386 e. The summed E-state index contributed by atoms with van der Waals surface area (Å²) in [5.41, 5.74) is 4.61. The van der Waals surface area contributed by atoms with Crippen LogP contribution in [0.25, 0.3) is 0 Å². The van der Waals surface area contributed by atoms with Gasteiger partial charge in [-0.3, -0.25) is 0 Å². The average Bonchev–Trinajstić information content (AvgIpc) is 2.35. The Hall–Kier alpha value is -0.120. The number of ether oxygens (including phenoxy) is 1. The van der Waals surface area contributed by atoms with Gasteiger partial charge in [-0.1, -0.05) is 20.8 Å². The van der Waals surface area contributed by atoms with Gasteiger partial charge in [0.1, 0.15) is 0 Å². The minimum absolute atomic E-state index is 0.121. The van der Waals surface area contributed by atoms with E-state index in [0.29, 0.717) is 13.2 Å². The zero-order valence-corrected chi connectivity index (χ0v) is 9.00. The molecule has 1 heterocycles. The third kappa shape index (κ3) is 1.49. The lowest BCUT2D eigenvalue weighted by molar-refractivity contribution is -0.0869. The van der Waals surface area contributed by atoms with Gasteiger partial charge in [-0.15, -0.1) is 0 Å². The van der Waals surface area contributed by atoms with Crippen molar-refractivity contribution in [2.45, 2.75) is 39.4 Å². The average molecular weight is 187 g/mol. The van der Waals surface area contributed by atoms with Gasteiger partial charge in [0.05, 0.1) is 18.3 Å². The summed E-state index contributed by atoms with van der Waals surface area (Å²) in [7, 11) is 0. The fraction of sp³-hybridized carbons (Fsp3) is 1.00. The number of rotatable bonds is 2. The van der Waals surface area contributed by atoms with Crippen molar-refractivity contribution in [3.05, 3.63) is 0 Å². The van der Waals surface area contributed by atoms with Crippen LogP contribution in [0.15, 0.2) is 0 Å². The molecule has 1 rings (SSSR count). The first-order chi connectivity index (χ1) is 5.85. The molecule has 0 radical (unpaired) electrons. The van der Waals surface area contributed by atoms with Gasteiger partial charge in [0, 0.05) is 17.9 Å². The van der Waals surface area contributed by atoms with Crippen LogP contribution >= 0.6 is 0 Å².